The third-order valence-corrected chi connectivity index (χ3v) is 3.18. The quantitative estimate of drug-likeness (QED) is 0.873. The highest BCUT2D eigenvalue weighted by molar-refractivity contribution is 6.32. The molecule has 1 aromatic carbocycles. The number of benzene rings is 1. The summed E-state index contributed by atoms with van der Waals surface area (Å²) in [5, 5.41) is 13.6. The molecule has 1 N–H and O–H groups in total. The third kappa shape index (κ3) is 3.27. The first-order valence-corrected chi connectivity index (χ1v) is 6.61. The summed E-state index contributed by atoms with van der Waals surface area (Å²) in [4.78, 5) is 10.5. The molecule has 0 spiro atoms. The number of hydrogen-bond donors (Lipinski definition) is 1. The molecular formula is C15H15ClN2O2. The van der Waals surface area contributed by atoms with Crippen molar-refractivity contribution < 1.29 is 9.90 Å². The lowest BCUT2D eigenvalue weighted by atomic mass is 10.1. The Morgan fingerprint density at radius 2 is 2.15 bits per heavy atom. The second kappa shape index (κ2) is 5.92. The molecule has 0 aliphatic heterocycles. The summed E-state index contributed by atoms with van der Waals surface area (Å²) in [6.45, 7) is 4.17. The predicted octanol–water partition coefficient (Wildman–Crippen LogP) is 3.75. The molecule has 0 saturated carbocycles. The van der Waals surface area contributed by atoms with E-state index in [1.165, 1.54) is 6.08 Å². The maximum absolute atomic E-state index is 10.5. The number of halogens is 1. The van der Waals surface area contributed by atoms with Crippen LogP contribution in [0.1, 0.15) is 31.0 Å². The van der Waals surface area contributed by atoms with Crippen LogP contribution in [0.2, 0.25) is 5.02 Å². The Hall–Kier alpha value is -2.07. The molecule has 0 radical (unpaired) electrons. The number of aliphatic carboxylic acids is 1. The van der Waals surface area contributed by atoms with E-state index < -0.39 is 5.97 Å². The third-order valence-electron chi connectivity index (χ3n) is 2.86. The van der Waals surface area contributed by atoms with Crippen molar-refractivity contribution in [1.82, 2.24) is 9.78 Å². The van der Waals surface area contributed by atoms with Crippen molar-refractivity contribution in [1.29, 1.82) is 0 Å². The minimum atomic E-state index is -1.00. The second-order valence-electron chi connectivity index (χ2n) is 4.72. The zero-order chi connectivity index (χ0) is 14.7. The van der Waals surface area contributed by atoms with Crippen molar-refractivity contribution >= 4 is 23.6 Å². The SMILES string of the molecule is CC(C)c1ccn(-c2ccc(/C=C/C(=O)O)c(Cl)c2)n1. The molecule has 104 valence electrons. The molecule has 1 aromatic heterocycles. The largest absolute Gasteiger partial charge is 0.478 e. The highest BCUT2D eigenvalue weighted by Gasteiger charge is 2.06. The van der Waals surface area contributed by atoms with Crippen LogP contribution >= 0.6 is 11.6 Å². The van der Waals surface area contributed by atoms with E-state index in [2.05, 4.69) is 18.9 Å². The summed E-state index contributed by atoms with van der Waals surface area (Å²) in [5.74, 6) is -0.636. The van der Waals surface area contributed by atoms with Gasteiger partial charge in [0.2, 0.25) is 0 Å². The molecule has 5 heteroatoms. The van der Waals surface area contributed by atoms with Gasteiger partial charge in [0.1, 0.15) is 0 Å². The molecule has 1 heterocycles. The van der Waals surface area contributed by atoms with Gasteiger partial charge in [0.15, 0.2) is 0 Å². The van der Waals surface area contributed by atoms with Crippen molar-refractivity contribution in [2.45, 2.75) is 19.8 Å². The Labute approximate surface area is 122 Å². The molecule has 0 atom stereocenters. The fourth-order valence-corrected chi connectivity index (χ4v) is 1.98. The van der Waals surface area contributed by atoms with E-state index in [1.54, 1.807) is 16.8 Å². The first kappa shape index (κ1) is 14.3. The molecule has 0 amide bonds. The van der Waals surface area contributed by atoms with Gasteiger partial charge in [-0.25, -0.2) is 9.48 Å². The summed E-state index contributed by atoms with van der Waals surface area (Å²) in [6.07, 6.45) is 4.41. The Morgan fingerprint density at radius 3 is 2.70 bits per heavy atom. The summed E-state index contributed by atoms with van der Waals surface area (Å²) in [5.41, 5.74) is 2.51. The minimum absolute atomic E-state index is 0.365. The average molecular weight is 291 g/mol. The van der Waals surface area contributed by atoms with E-state index in [1.807, 2.05) is 18.3 Å². The zero-order valence-corrected chi connectivity index (χ0v) is 12.0. The topological polar surface area (TPSA) is 55.1 Å². The van der Waals surface area contributed by atoms with E-state index in [0.717, 1.165) is 17.5 Å². The maximum atomic E-state index is 10.5. The number of carboxylic acid groups (broad SMARTS) is 1. The van der Waals surface area contributed by atoms with Gasteiger partial charge in [-0.3, -0.25) is 0 Å². The first-order chi connectivity index (χ1) is 9.47. The Bertz CT molecular complexity index is 660. The van der Waals surface area contributed by atoms with Gasteiger partial charge in [0.05, 0.1) is 11.4 Å². The van der Waals surface area contributed by atoms with Crippen LogP contribution in [-0.4, -0.2) is 20.9 Å². The second-order valence-corrected chi connectivity index (χ2v) is 5.12. The highest BCUT2D eigenvalue weighted by Crippen LogP contribution is 2.22. The van der Waals surface area contributed by atoms with E-state index in [-0.39, 0.29) is 0 Å². The van der Waals surface area contributed by atoms with Crippen molar-refractivity contribution in [2.75, 3.05) is 0 Å². The molecule has 4 nitrogen and oxygen atoms in total. The number of hydrogen-bond acceptors (Lipinski definition) is 2. The number of carbonyl (C=O) groups is 1. The van der Waals surface area contributed by atoms with Crippen molar-refractivity contribution in [3.05, 3.63) is 52.8 Å². The monoisotopic (exact) mass is 290 g/mol. The van der Waals surface area contributed by atoms with Gasteiger partial charge in [0.25, 0.3) is 0 Å². The fourth-order valence-electron chi connectivity index (χ4n) is 1.74. The van der Waals surface area contributed by atoms with Crippen LogP contribution in [-0.2, 0) is 4.79 Å². The van der Waals surface area contributed by atoms with Crippen LogP contribution in [0.5, 0.6) is 0 Å². The van der Waals surface area contributed by atoms with Crippen LogP contribution in [0.25, 0.3) is 11.8 Å². The summed E-state index contributed by atoms with van der Waals surface area (Å²) in [7, 11) is 0. The lowest BCUT2D eigenvalue weighted by molar-refractivity contribution is -0.131. The van der Waals surface area contributed by atoms with Crippen LogP contribution in [0, 0.1) is 0 Å². The lowest BCUT2D eigenvalue weighted by Crippen LogP contribution is -1.97. The molecule has 0 saturated heterocycles. The molecule has 2 rings (SSSR count). The molecule has 0 aliphatic rings. The number of carboxylic acids is 1. The fraction of sp³-hybridized carbons (Fsp3) is 0.200. The Balaban J connectivity index is 2.30. The maximum Gasteiger partial charge on any atom is 0.328 e. The van der Waals surface area contributed by atoms with Gasteiger partial charge in [-0.2, -0.15) is 5.10 Å². The van der Waals surface area contributed by atoms with E-state index >= 15 is 0 Å². The van der Waals surface area contributed by atoms with Crippen LogP contribution < -0.4 is 0 Å². The molecule has 0 unspecified atom stereocenters. The first-order valence-electron chi connectivity index (χ1n) is 6.24. The molecule has 0 fully saturated rings. The number of aromatic nitrogens is 2. The van der Waals surface area contributed by atoms with Crippen molar-refractivity contribution in [2.24, 2.45) is 0 Å². The van der Waals surface area contributed by atoms with E-state index in [0.29, 0.717) is 16.5 Å². The van der Waals surface area contributed by atoms with Gasteiger partial charge in [0, 0.05) is 17.3 Å². The Morgan fingerprint density at radius 1 is 1.40 bits per heavy atom. The molecule has 20 heavy (non-hydrogen) atoms. The smallest absolute Gasteiger partial charge is 0.328 e. The van der Waals surface area contributed by atoms with Crippen LogP contribution in [0.3, 0.4) is 0 Å². The average Bonchev–Trinajstić information content (AvgIpc) is 2.86. The summed E-state index contributed by atoms with van der Waals surface area (Å²) >= 11 is 6.15. The van der Waals surface area contributed by atoms with Gasteiger partial charge in [-0.05, 0) is 35.8 Å². The Kier molecular flexibility index (Phi) is 4.25. The summed E-state index contributed by atoms with van der Waals surface area (Å²) < 4.78 is 1.76. The normalized spacial score (nSPS) is 11.4. The van der Waals surface area contributed by atoms with Crippen LogP contribution in [0.4, 0.5) is 0 Å². The number of rotatable bonds is 4. The molecule has 0 aliphatic carbocycles. The minimum Gasteiger partial charge on any atom is -0.478 e. The summed E-state index contributed by atoms with van der Waals surface area (Å²) in [6, 6.07) is 7.36. The zero-order valence-electron chi connectivity index (χ0n) is 11.2. The molecular weight excluding hydrogens is 276 g/mol. The predicted molar refractivity (Wildman–Crippen MR) is 79.3 cm³/mol. The van der Waals surface area contributed by atoms with Gasteiger partial charge < -0.3 is 5.11 Å². The molecule has 0 bridgehead atoms. The van der Waals surface area contributed by atoms with Gasteiger partial charge in [-0.15, -0.1) is 0 Å². The lowest BCUT2D eigenvalue weighted by Gasteiger charge is -2.05. The van der Waals surface area contributed by atoms with Crippen molar-refractivity contribution in [3.8, 4) is 5.69 Å². The van der Waals surface area contributed by atoms with Gasteiger partial charge >= 0.3 is 5.97 Å². The standard InChI is InChI=1S/C15H15ClN2O2/c1-10(2)14-7-8-18(17-14)12-5-3-11(13(16)9-12)4-6-15(19)20/h3-10H,1-2H3,(H,19,20)/b6-4+. The van der Waals surface area contributed by atoms with E-state index in [9.17, 15) is 4.79 Å². The highest BCUT2D eigenvalue weighted by atomic mass is 35.5. The van der Waals surface area contributed by atoms with Crippen LogP contribution in [0.15, 0.2) is 36.5 Å². The van der Waals surface area contributed by atoms with Crippen molar-refractivity contribution in [3.63, 3.8) is 0 Å². The van der Waals surface area contributed by atoms with Gasteiger partial charge in [-0.1, -0.05) is 31.5 Å². The molecule has 2 aromatic rings. The number of nitrogens with zero attached hydrogens (tertiary/aromatic N) is 2. The van der Waals surface area contributed by atoms with E-state index in [4.69, 9.17) is 16.7 Å².